The number of pyridine rings is 1. The molecule has 3 rings (SSSR count). The van der Waals surface area contributed by atoms with E-state index >= 15 is 0 Å². The molecule has 6 heteroatoms. The van der Waals surface area contributed by atoms with E-state index in [1.807, 2.05) is 23.2 Å². The molecule has 1 aliphatic heterocycles. The molecule has 0 spiro atoms. The zero-order valence-electron chi connectivity index (χ0n) is 15.6. The first-order valence-electron chi connectivity index (χ1n) is 9.85. The topological polar surface area (TPSA) is 74.3 Å². The maximum absolute atomic E-state index is 13.0. The molecule has 1 aromatic rings. The van der Waals surface area contributed by atoms with E-state index in [1.165, 1.54) is 19.3 Å². The van der Waals surface area contributed by atoms with Gasteiger partial charge in [0.25, 0.3) is 0 Å². The summed E-state index contributed by atoms with van der Waals surface area (Å²) in [6, 6.07) is 3.35. The lowest BCUT2D eigenvalue weighted by molar-refractivity contribution is -0.139. The van der Waals surface area contributed by atoms with Crippen LogP contribution in [0.4, 0.5) is 0 Å². The van der Waals surface area contributed by atoms with E-state index in [0.29, 0.717) is 25.4 Å². The molecule has 2 amide bonds. The van der Waals surface area contributed by atoms with Gasteiger partial charge in [-0.15, -0.1) is 0 Å². The number of nitrogens with one attached hydrogen (secondary N) is 2. The molecule has 2 atom stereocenters. The number of aromatic nitrogens is 1. The number of carbonyl (C=O) groups excluding carboxylic acids is 2. The second kappa shape index (κ2) is 9.12. The van der Waals surface area contributed by atoms with Gasteiger partial charge in [-0.2, -0.15) is 0 Å². The highest BCUT2D eigenvalue weighted by atomic mass is 16.2. The highest BCUT2D eigenvalue weighted by Gasteiger charge is 2.31. The number of nitrogens with zero attached hydrogens (tertiary/aromatic N) is 2. The fourth-order valence-electron chi connectivity index (χ4n) is 4.10. The molecule has 2 unspecified atom stereocenters. The standard InChI is InChI=1S/C20H30N4O2/c1-15(23-19(25)12-16-6-3-2-4-7-16)20(26)24-11-10-22-14-18(24)17-8-5-9-21-13-17/h5,8-9,13,15-16,18,22H,2-4,6-7,10-12,14H2,1H3,(H,23,25). The molecule has 0 bridgehead atoms. The average Bonchev–Trinajstić information content (AvgIpc) is 2.68. The number of carbonyl (C=O) groups is 2. The Morgan fingerprint density at radius 1 is 1.35 bits per heavy atom. The van der Waals surface area contributed by atoms with Crippen LogP contribution in [0.3, 0.4) is 0 Å². The lowest BCUT2D eigenvalue weighted by Gasteiger charge is -2.38. The van der Waals surface area contributed by atoms with Crippen molar-refractivity contribution in [1.29, 1.82) is 0 Å². The summed E-state index contributed by atoms with van der Waals surface area (Å²) < 4.78 is 0. The van der Waals surface area contributed by atoms with Crippen molar-refractivity contribution in [1.82, 2.24) is 20.5 Å². The van der Waals surface area contributed by atoms with Crippen LogP contribution in [-0.2, 0) is 9.59 Å². The number of piperazine rings is 1. The predicted octanol–water partition coefficient (Wildman–Crippen LogP) is 2.03. The second-order valence-electron chi connectivity index (χ2n) is 7.54. The van der Waals surface area contributed by atoms with Gasteiger partial charge in [0.1, 0.15) is 6.04 Å². The van der Waals surface area contributed by atoms with E-state index in [-0.39, 0.29) is 17.9 Å². The minimum atomic E-state index is -0.497. The van der Waals surface area contributed by atoms with Gasteiger partial charge < -0.3 is 15.5 Å². The minimum absolute atomic E-state index is 0.00538. The van der Waals surface area contributed by atoms with Crippen molar-refractivity contribution in [2.24, 2.45) is 5.92 Å². The van der Waals surface area contributed by atoms with Crippen molar-refractivity contribution in [2.45, 2.75) is 57.5 Å². The van der Waals surface area contributed by atoms with Crippen LogP contribution in [0.5, 0.6) is 0 Å². The van der Waals surface area contributed by atoms with Crippen LogP contribution in [0.15, 0.2) is 24.5 Å². The average molecular weight is 358 g/mol. The number of rotatable bonds is 5. The zero-order chi connectivity index (χ0) is 18.4. The maximum atomic E-state index is 13.0. The quantitative estimate of drug-likeness (QED) is 0.845. The van der Waals surface area contributed by atoms with Crippen LogP contribution in [-0.4, -0.2) is 47.4 Å². The molecule has 6 nitrogen and oxygen atoms in total. The van der Waals surface area contributed by atoms with Crippen LogP contribution in [0.1, 0.15) is 57.1 Å². The second-order valence-corrected chi connectivity index (χ2v) is 7.54. The minimum Gasteiger partial charge on any atom is -0.345 e. The molecule has 142 valence electrons. The molecule has 1 saturated heterocycles. The highest BCUT2D eigenvalue weighted by molar-refractivity contribution is 5.87. The first-order valence-corrected chi connectivity index (χ1v) is 9.85. The highest BCUT2D eigenvalue weighted by Crippen LogP contribution is 2.26. The Balaban J connectivity index is 1.58. The SMILES string of the molecule is CC(NC(=O)CC1CCCCC1)C(=O)N1CCNCC1c1cccnc1. The lowest BCUT2D eigenvalue weighted by Crippen LogP contribution is -2.54. The van der Waals surface area contributed by atoms with Crippen molar-refractivity contribution in [3.05, 3.63) is 30.1 Å². The van der Waals surface area contributed by atoms with Gasteiger partial charge in [0.05, 0.1) is 6.04 Å². The Labute approximate surface area is 155 Å². The summed E-state index contributed by atoms with van der Waals surface area (Å²) in [5.74, 6) is 0.469. The van der Waals surface area contributed by atoms with Gasteiger partial charge in [-0.1, -0.05) is 25.3 Å². The van der Waals surface area contributed by atoms with Gasteiger partial charge in [0.15, 0.2) is 0 Å². The van der Waals surface area contributed by atoms with Crippen LogP contribution in [0.2, 0.25) is 0 Å². The number of amides is 2. The van der Waals surface area contributed by atoms with Gasteiger partial charge in [0, 0.05) is 38.4 Å². The van der Waals surface area contributed by atoms with E-state index in [4.69, 9.17) is 0 Å². The molecule has 0 radical (unpaired) electrons. The fraction of sp³-hybridized carbons (Fsp3) is 0.650. The normalized spacial score (nSPS) is 22.7. The van der Waals surface area contributed by atoms with E-state index < -0.39 is 6.04 Å². The van der Waals surface area contributed by atoms with Gasteiger partial charge in [-0.3, -0.25) is 14.6 Å². The van der Waals surface area contributed by atoms with Crippen LogP contribution in [0.25, 0.3) is 0 Å². The van der Waals surface area contributed by atoms with Crippen molar-refractivity contribution in [3.8, 4) is 0 Å². The Bertz CT molecular complexity index is 601. The van der Waals surface area contributed by atoms with Gasteiger partial charge in [-0.25, -0.2) is 0 Å². The van der Waals surface area contributed by atoms with E-state index in [2.05, 4.69) is 15.6 Å². The molecule has 1 aliphatic carbocycles. The third kappa shape index (κ3) is 4.81. The molecule has 1 aromatic heterocycles. The first kappa shape index (κ1) is 18.8. The summed E-state index contributed by atoms with van der Waals surface area (Å²) in [4.78, 5) is 31.4. The maximum Gasteiger partial charge on any atom is 0.245 e. The van der Waals surface area contributed by atoms with Gasteiger partial charge >= 0.3 is 0 Å². The zero-order valence-corrected chi connectivity index (χ0v) is 15.6. The summed E-state index contributed by atoms with van der Waals surface area (Å²) in [5, 5.41) is 6.27. The van der Waals surface area contributed by atoms with Crippen LogP contribution >= 0.6 is 0 Å². The van der Waals surface area contributed by atoms with Gasteiger partial charge in [-0.05, 0) is 37.3 Å². The molecule has 2 heterocycles. The van der Waals surface area contributed by atoms with Crippen LogP contribution in [0, 0.1) is 5.92 Å². The molecule has 0 aromatic carbocycles. The molecular formula is C20H30N4O2. The smallest absolute Gasteiger partial charge is 0.245 e. The van der Waals surface area contributed by atoms with Crippen molar-refractivity contribution < 1.29 is 9.59 Å². The molecule has 2 fully saturated rings. The van der Waals surface area contributed by atoms with Crippen molar-refractivity contribution in [2.75, 3.05) is 19.6 Å². The Morgan fingerprint density at radius 3 is 2.88 bits per heavy atom. The van der Waals surface area contributed by atoms with Crippen LogP contribution < -0.4 is 10.6 Å². The molecule has 2 aliphatic rings. The van der Waals surface area contributed by atoms with Crippen molar-refractivity contribution in [3.63, 3.8) is 0 Å². The molecular weight excluding hydrogens is 328 g/mol. The van der Waals surface area contributed by atoms with E-state index in [1.54, 1.807) is 13.1 Å². The summed E-state index contributed by atoms with van der Waals surface area (Å²) in [6.07, 6.45) is 10.1. The summed E-state index contributed by atoms with van der Waals surface area (Å²) in [5.41, 5.74) is 1.02. The molecule has 26 heavy (non-hydrogen) atoms. The molecule has 1 saturated carbocycles. The molecule has 2 N–H and O–H groups in total. The number of hydrogen-bond donors (Lipinski definition) is 2. The third-order valence-electron chi connectivity index (χ3n) is 5.54. The fourth-order valence-corrected chi connectivity index (χ4v) is 4.10. The predicted molar refractivity (Wildman–Crippen MR) is 100 cm³/mol. The number of hydrogen-bond acceptors (Lipinski definition) is 4. The first-order chi connectivity index (χ1) is 12.6. The summed E-state index contributed by atoms with van der Waals surface area (Å²) in [6.45, 7) is 3.91. The Morgan fingerprint density at radius 2 is 2.15 bits per heavy atom. The summed E-state index contributed by atoms with van der Waals surface area (Å²) in [7, 11) is 0. The van der Waals surface area contributed by atoms with E-state index in [9.17, 15) is 9.59 Å². The van der Waals surface area contributed by atoms with Crippen molar-refractivity contribution >= 4 is 11.8 Å². The lowest BCUT2D eigenvalue weighted by atomic mass is 9.87. The van der Waals surface area contributed by atoms with E-state index in [0.717, 1.165) is 24.9 Å². The largest absolute Gasteiger partial charge is 0.345 e. The monoisotopic (exact) mass is 358 g/mol. The third-order valence-corrected chi connectivity index (χ3v) is 5.54. The summed E-state index contributed by atoms with van der Waals surface area (Å²) >= 11 is 0. The Hall–Kier alpha value is -1.95. The Kier molecular flexibility index (Phi) is 6.61. The van der Waals surface area contributed by atoms with Gasteiger partial charge in [0.2, 0.25) is 11.8 Å².